The normalized spacial score (nSPS) is 22.4. The Balaban J connectivity index is 2.10. The molecule has 0 aromatic carbocycles. The van der Waals surface area contributed by atoms with Crippen molar-refractivity contribution in [1.82, 2.24) is 4.98 Å². The highest BCUT2D eigenvalue weighted by Crippen LogP contribution is 2.16. The molecule has 1 aromatic rings. The van der Waals surface area contributed by atoms with E-state index in [1.807, 2.05) is 12.1 Å². The quantitative estimate of drug-likeness (QED) is 0.711. The SMILES string of the molecule is [CH2][C@H]1CN(c2ccc(N)nc2)CCO1. The molecule has 0 saturated carbocycles. The molecule has 0 unspecified atom stereocenters. The Kier molecular flexibility index (Phi) is 2.54. The molecule has 1 radical (unpaired) electrons. The Morgan fingerprint density at radius 3 is 3.07 bits per heavy atom. The van der Waals surface area contributed by atoms with Gasteiger partial charge in [0, 0.05) is 13.1 Å². The highest BCUT2D eigenvalue weighted by atomic mass is 16.5. The fourth-order valence-corrected chi connectivity index (χ4v) is 1.54. The number of aromatic nitrogens is 1. The minimum atomic E-state index is 0.0429. The molecule has 0 aliphatic carbocycles. The van der Waals surface area contributed by atoms with Gasteiger partial charge < -0.3 is 15.4 Å². The van der Waals surface area contributed by atoms with Gasteiger partial charge in [-0.1, -0.05) is 0 Å². The molecule has 1 aromatic heterocycles. The second-order valence-corrected chi connectivity index (χ2v) is 3.38. The van der Waals surface area contributed by atoms with Crippen LogP contribution >= 0.6 is 0 Å². The first kappa shape index (κ1) is 9.27. The van der Waals surface area contributed by atoms with Crippen LogP contribution < -0.4 is 10.6 Å². The first-order valence-electron chi connectivity index (χ1n) is 4.67. The lowest BCUT2D eigenvalue weighted by Crippen LogP contribution is -2.41. The van der Waals surface area contributed by atoms with Crippen LogP contribution in [0.15, 0.2) is 18.3 Å². The fourth-order valence-electron chi connectivity index (χ4n) is 1.54. The molecule has 2 rings (SSSR count). The molecule has 1 aliphatic heterocycles. The Bertz CT molecular complexity index is 299. The van der Waals surface area contributed by atoms with E-state index in [0.717, 1.165) is 25.4 Å². The summed E-state index contributed by atoms with van der Waals surface area (Å²) in [4.78, 5) is 6.26. The molecular formula is C10H14N3O. The largest absolute Gasteiger partial charge is 0.384 e. The molecule has 1 aliphatic rings. The highest BCUT2D eigenvalue weighted by molar-refractivity contribution is 5.48. The van der Waals surface area contributed by atoms with Gasteiger partial charge in [0.1, 0.15) is 5.82 Å². The van der Waals surface area contributed by atoms with Crippen LogP contribution in [0.2, 0.25) is 0 Å². The minimum absolute atomic E-state index is 0.0429. The van der Waals surface area contributed by atoms with E-state index >= 15 is 0 Å². The molecule has 1 saturated heterocycles. The minimum Gasteiger partial charge on any atom is -0.384 e. The van der Waals surface area contributed by atoms with Gasteiger partial charge in [0.2, 0.25) is 0 Å². The molecule has 2 N–H and O–H groups in total. The van der Waals surface area contributed by atoms with Crippen molar-refractivity contribution in [2.24, 2.45) is 0 Å². The summed E-state index contributed by atoms with van der Waals surface area (Å²) in [5, 5.41) is 0. The lowest BCUT2D eigenvalue weighted by molar-refractivity contribution is 0.0699. The fraction of sp³-hybridized carbons (Fsp3) is 0.400. The van der Waals surface area contributed by atoms with E-state index in [9.17, 15) is 0 Å². The molecule has 0 amide bonds. The molecule has 4 nitrogen and oxygen atoms in total. The maximum atomic E-state index is 5.52. The summed E-state index contributed by atoms with van der Waals surface area (Å²) >= 11 is 0. The van der Waals surface area contributed by atoms with Crippen LogP contribution in [0, 0.1) is 6.92 Å². The van der Waals surface area contributed by atoms with Crippen molar-refractivity contribution in [1.29, 1.82) is 0 Å². The van der Waals surface area contributed by atoms with Crippen LogP contribution in [-0.4, -0.2) is 30.8 Å². The Morgan fingerprint density at radius 1 is 1.57 bits per heavy atom. The standard InChI is InChI=1S/C10H14N3O/c1-8-7-13(4-5-14-8)9-2-3-10(11)12-6-9/h2-3,6,8H,1,4-5,7H2,(H2,11,12)/t8-/m0/s1. The van der Waals surface area contributed by atoms with Gasteiger partial charge in [0.15, 0.2) is 0 Å². The van der Waals surface area contributed by atoms with Crippen LogP contribution in [0.1, 0.15) is 0 Å². The van der Waals surface area contributed by atoms with Crippen molar-refractivity contribution >= 4 is 11.5 Å². The molecule has 1 fully saturated rings. The zero-order valence-corrected chi connectivity index (χ0v) is 8.02. The third kappa shape index (κ3) is 1.96. The predicted octanol–water partition coefficient (Wildman–Crippen LogP) is 0.703. The monoisotopic (exact) mass is 192 g/mol. The van der Waals surface area contributed by atoms with E-state index in [0.29, 0.717) is 5.82 Å². The second-order valence-electron chi connectivity index (χ2n) is 3.38. The third-order valence-corrected chi connectivity index (χ3v) is 2.27. The van der Waals surface area contributed by atoms with Crippen LogP contribution in [0.3, 0.4) is 0 Å². The predicted molar refractivity (Wildman–Crippen MR) is 56.0 cm³/mol. The Labute approximate surface area is 83.7 Å². The van der Waals surface area contributed by atoms with Gasteiger partial charge >= 0.3 is 0 Å². The topological polar surface area (TPSA) is 51.4 Å². The number of rotatable bonds is 1. The van der Waals surface area contributed by atoms with Crippen molar-refractivity contribution in [2.75, 3.05) is 30.3 Å². The average molecular weight is 192 g/mol. The summed E-state index contributed by atoms with van der Waals surface area (Å²) < 4.78 is 5.36. The van der Waals surface area contributed by atoms with Crippen LogP contribution in [-0.2, 0) is 4.74 Å². The molecule has 0 bridgehead atoms. The van der Waals surface area contributed by atoms with E-state index in [1.54, 1.807) is 6.20 Å². The van der Waals surface area contributed by atoms with Gasteiger partial charge in [-0.05, 0) is 19.1 Å². The summed E-state index contributed by atoms with van der Waals surface area (Å²) in [6.07, 6.45) is 1.83. The summed E-state index contributed by atoms with van der Waals surface area (Å²) in [5.41, 5.74) is 6.60. The summed E-state index contributed by atoms with van der Waals surface area (Å²) in [5.74, 6) is 0.549. The average Bonchev–Trinajstić information content (AvgIpc) is 2.19. The van der Waals surface area contributed by atoms with Crippen molar-refractivity contribution in [3.63, 3.8) is 0 Å². The van der Waals surface area contributed by atoms with E-state index in [1.165, 1.54) is 0 Å². The van der Waals surface area contributed by atoms with E-state index in [2.05, 4.69) is 16.8 Å². The van der Waals surface area contributed by atoms with Crippen molar-refractivity contribution < 1.29 is 4.74 Å². The molecule has 14 heavy (non-hydrogen) atoms. The Hall–Kier alpha value is -1.29. The van der Waals surface area contributed by atoms with Gasteiger partial charge in [-0.3, -0.25) is 0 Å². The number of nitrogens with zero attached hydrogens (tertiary/aromatic N) is 2. The van der Waals surface area contributed by atoms with Gasteiger partial charge in [-0.25, -0.2) is 4.98 Å². The van der Waals surface area contributed by atoms with Crippen molar-refractivity contribution in [3.8, 4) is 0 Å². The number of nitrogens with two attached hydrogens (primary N) is 1. The maximum absolute atomic E-state index is 5.52. The number of hydrogen-bond acceptors (Lipinski definition) is 4. The van der Waals surface area contributed by atoms with Gasteiger partial charge in [0.25, 0.3) is 0 Å². The summed E-state index contributed by atoms with van der Waals surface area (Å²) in [6.45, 7) is 6.30. The van der Waals surface area contributed by atoms with Crippen molar-refractivity contribution in [3.05, 3.63) is 25.3 Å². The number of hydrogen-bond donors (Lipinski definition) is 1. The number of ether oxygens (including phenoxy) is 1. The first-order chi connectivity index (χ1) is 6.75. The first-order valence-corrected chi connectivity index (χ1v) is 4.67. The van der Waals surface area contributed by atoms with Crippen LogP contribution in [0.4, 0.5) is 11.5 Å². The third-order valence-electron chi connectivity index (χ3n) is 2.27. The van der Waals surface area contributed by atoms with E-state index in [-0.39, 0.29) is 6.10 Å². The zero-order valence-electron chi connectivity index (χ0n) is 8.02. The van der Waals surface area contributed by atoms with Gasteiger partial charge in [-0.2, -0.15) is 0 Å². The Morgan fingerprint density at radius 2 is 2.43 bits per heavy atom. The highest BCUT2D eigenvalue weighted by Gasteiger charge is 2.16. The van der Waals surface area contributed by atoms with Crippen molar-refractivity contribution in [2.45, 2.75) is 6.10 Å². The molecular weight excluding hydrogens is 178 g/mol. The van der Waals surface area contributed by atoms with Gasteiger partial charge in [-0.15, -0.1) is 0 Å². The lowest BCUT2D eigenvalue weighted by atomic mass is 10.2. The maximum Gasteiger partial charge on any atom is 0.123 e. The summed E-state index contributed by atoms with van der Waals surface area (Å²) in [7, 11) is 0. The number of pyridine rings is 1. The molecule has 75 valence electrons. The molecule has 0 spiro atoms. The van der Waals surface area contributed by atoms with E-state index in [4.69, 9.17) is 10.5 Å². The van der Waals surface area contributed by atoms with Gasteiger partial charge in [0.05, 0.1) is 24.6 Å². The number of morpholine rings is 1. The number of anilines is 2. The molecule has 2 heterocycles. The van der Waals surface area contributed by atoms with Crippen LogP contribution in [0.5, 0.6) is 0 Å². The zero-order chi connectivity index (χ0) is 9.97. The lowest BCUT2D eigenvalue weighted by Gasteiger charge is -2.32. The number of nitrogen functional groups attached to an aromatic ring is 1. The smallest absolute Gasteiger partial charge is 0.123 e. The van der Waals surface area contributed by atoms with Crippen LogP contribution in [0.25, 0.3) is 0 Å². The molecule has 1 atom stereocenters. The second kappa shape index (κ2) is 3.84. The van der Waals surface area contributed by atoms with E-state index < -0.39 is 0 Å². The summed E-state index contributed by atoms with van der Waals surface area (Å²) in [6, 6.07) is 3.78. The molecule has 4 heteroatoms.